The molecule has 0 bridgehead atoms. The number of nitrogens with zero attached hydrogens (tertiary/aromatic N) is 1. The lowest BCUT2D eigenvalue weighted by molar-refractivity contribution is -0.126. The van der Waals surface area contributed by atoms with Gasteiger partial charge in [0.25, 0.3) is 17.4 Å². The number of hydrogen-bond acceptors (Lipinski definition) is 5. The molecule has 1 aromatic rings. The number of amides is 2. The minimum Gasteiger partial charge on any atom is -0.338 e. The van der Waals surface area contributed by atoms with E-state index in [4.69, 9.17) is 0 Å². The number of hydrogen-bond donors (Lipinski definition) is 3. The van der Waals surface area contributed by atoms with E-state index in [2.05, 4.69) is 15.6 Å². The van der Waals surface area contributed by atoms with Crippen LogP contribution in [0.15, 0.2) is 10.9 Å². The SMILES string of the molecule is CC(C)S(=O)(=O)NNC(=O)C(C)(C)NC(=O)c1cc2c(n(CC3CCCCC3)c1=O)CCCCCC2. The highest BCUT2D eigenvalue weighted by atomic mass is 32.2. The second-order valence-electron chi connectivity index (χ2n) is 11.1. The van der Waals surface area contributed by atoms with Gasteiger partial charge in [-0.15, -0.1) is 4.83 Å². The maximum Gasteiger partial charge on any atom is 0.263 e. The molecule has 1 saturated carbocycles. The highest BCUT2D eigenvalue weighted by molar-refractivity contribution is 7.90. The number of carbonyl (C=O) groups is 2. The first-order chi connectivity index (χ1) is 16.9. The molecule has 0 radical (unpaired) electrons. The Morgan fingerprint density at radius 2 is 1.64 bits per heavy atom. The Balaban J connectivity index is 1.87. The minimum atomic E-state index is -3.73. The summed E-state index contributed by atoms with van der Waals surface area (Å²) in [5.41, 5.74) is 2.54. The number of rotatable bonds is 8. The summed E-state index contributed by atoms with van der Waals surface area (Å²) >= 11 is 0. The molecular formula is C26H42N4O5S. The Morgan fingerprint density at radius 1 is 1.03 bits per heavy atom. The van der Waals surface area contributed by atoms with Gasteiger partial charge in [0, 0.05) is 12.2 Å². The Labute approximate surface area is 214 Å². The lowest BCUT2D eigenvalue weighted by Gasteiger charge is -2.28. The molecule has 3 rings (SSSR count). The molecule has 2 amide bonds. The zero-order chi connectivity index (χ0) is 26.5. The van der Waals surface area contributed by atoms with Crippen molar-refractivity contribution in [2.24, 2.45) is 5.92 Å². The maximum atomic E-state index is 13.7. The van der Waals surface area contributed by atoms with Crippen LogP contribution in [0.1, 0.15) is 107 Å². The molecule has 1 heterocycles. The van der Waals surface area contributed by atoms with E-state index in [9.17, 15) is 22.8 Å². The van der Waals surface area contributed by atoms with Gasteiger partial charge >= 0.3 is 0 Å². The van der Waals surface area contributed by atoms with Gasteiger partial charge in [0.1, 0.15) is 11.1 Å². The van der Waals surface area contributed by atoms with E-state index < -0.39 is 32.6 Å². The number of aromatic nitrogens is 1. The Kier molecular flexibility index (Phi) is 9.38. The lowest BCUT2D eigenvalue weighted by Crippen LogP contribution is -2.59. The van der Waals surface area contributed by atoms with Crippen molar-refractivity contribution in [2.45, 2.75) is 116 Å². The molecule has 36 heavy (non-hydrogen) atoms. The van der Waals surface area contributed by atoms with Gasteiger partial charge in [-0.1, -0.05) is 32.1 Å². The fraction of sp³-hybridized carbons (Fsp3) is 0.731. The number of aryl methyl sites for hydroxylation is 1. The molecule has 10 heteroatoms. The molecule has 0 aromatic carbocycles. The van der Waals surface area contributed by atoms with Gasteiger partial charge in [0.05, 0.1) is 5.25 Å². The molecule has 0 saturated heterocycles. The van der Waals surface area contributed by atoms with Gasteiger partial charge in [-0.3, -0.25) is 19.8 Å². The quantitative estimate of drug-likeness (QED) is 0.453. The Bertz CT molecular complexity index is 1120. The third-order valence-corrected chi connectivity index (χ3v) is 9.06. The number of hydrazine groups is 1. The highest BCUT2D eigenvalue weighted by Gasteiger charge is 2.33. The van der Waals surface area contributed by atoms with Crippen molar-refractivity contribution in [3.05, 3.63) is 33.2 Å². The van der Waals surface area contributed by atoms with Crippen molar-refractivity contribution in [2.75, 3.05) is 0 Å². The predicted octanol–water partition coefficient (Wildman–Crippen LogP) is 2.96. The largest absolute Gasteiger partial charge is 0.338 e. The average molecular weight is 523 g/mol. The third kappa shape index (κ3) is 6.97. The van der Waals surface area contributed by atoms with Crippen molar-refractivity contribution >= 4 is 21.8 Å². The van der Waals surface area contributed by atoms with Crippen molar-refractivity contribution in [3.63, 3.8) is 0 Å². The van der Waals surface area contributed by atoms with Crippen LogP contribution in [0.5, 0.6) is 0 Å². The first kappa shape index (κ1) is 28.4. The summed E-state index contributed by atoms with van der Waals surface area (Å²) in [6.45, 7) is 6.54. The van der Waals surface area contributed by atoms with Gasteiger partial charge in [0.2, 0.25) is 10.0 Å². The summed E-state index contributed by atoms with van der Waals surface area (Å²) in [4.78, 5) is 41.7. The number of fused-ring (bicyclic) bond motifs is 1. The van der Waals surface area contributed by atoms with E-state index in [-0.39, 0.29) is 11.1 Å². The standard InChI is InChI=1S/C26H42N4O5S/c1-18(2)36(34,35)29-28-25(33)26(3,4)27-23(31)21-16-20-14-10-5-6-11-15-22(20)30(24(21)32)17-19-12-8-7-9-13-19/h16,18-19,29H,5-15,17H2,1-4H3,(H,27,31)(H,28,33). The van der Waals surface area contributed by atoms with Gasteiger partial charge in [-0.2, -0.15) is 0 Å². The van der Waals surface area contributed by atoms with E-state index >= 15 is 0 Å². The number of nitrogens with one attached hydrogen (secondary N) is 3. The first-order valence-electron chi connectivity index (χ1n) is 13.3. The molecule has 0 aliphatic heterocycles. The van der Waals surface area contributed by atoms with Gasteiger partial charge < -0.3 is 9.88 Å². The van der Waals surface area contributed by atoms with Gasteiger partial charge in [-0.25, -0.2) is 8.42 Å². The van der Waals surface area contributed by atoms with Crippen molar-refractivity contribution < 1.29 is 18.0 Å². The molecule has 2 aliphatic rings. The molecule has 202 valence electrons. The number of carbonyl (C=O) groups excluding carboxylic acids is 2. The molecule has 3 N–H and O–H groups in total. The Hall–Kier alpha value is -2.20. The Morgan fingerprint density at radius 3 is 2.28 bits per heavy atom. The highest BCUT2D eigenvalue weighted by Crippen LogP contribution is 2.27. The summed E-state index contributed by atoms with van der Waals surface area (Å²) in [7, 11) is -3.73. The third-order valence-electron chi connectivity index (χ3n) is 7.43. The molecule has 0 atom stereocenters. The summed E-state index contributed by atoms with van der Waals surface area (Å²) in [6, 6.07) is 1.71. The summed E-state index contributed by atoms with van der Waals surface area (Å²) in [5.74, 6) is -0.927. The molecule has 1 aromatic heterocycles. The zero-order valence-electron chi connectivity index (χ0n) is 22.1. The molecule has 2 aliphatic carbocycles. The molecule has 0 spiro atoms. The van der Waals surface area contributed by atoms with Crippen molar-refractivity contribution in [1.82, 2.24) is 20.1 Å². The fourth-order valence-electron chi connectivity index (χ4n) is 5.02. The number of pyridine rings is 1. The summed E-state index contributed by atoms with van der Waals surface area (Å²) in [6.07, 6.45) is 11.7. The molecule has 9 nitrogen and oxygen atoms in total. The van der Waals surface area contributed by atoms with Crippen molar-refractivity contribution in [3.8, 4) is 0 Å². The average Bonchev–Trinajstić information content (AvgIpc) is 2.80. The normalized spacial score (nSPS) is 17.7. The minimum absolute atomic E-state index is 0.0359. The number of sulfonamides is 1. The van der Waals surface area contributed by atoms with Gasteiger partial charge in [0.15, 0.2) is 0 Å². The van der Waals surface area contributed by atoms with Crippen LogP contribution < -0.4 is 21.1 Å². The monoisotopic (exact) mass is 522 g/mol. The van der Waals surface area contributed by atoms with Crippen LogP contribution in [-0.4, -0.2) is 35.6 Å². The predicted molar refractivity (Wildman–Crippen MR) is 140 cm³/mol. The maximum absolute atomic E-state index is 13.7. The van der Waals surface area contributed by atoms with Gasteiger partial charge in [-0.05, 0) is 83.8 Å². The van der Waals surface area contributed by atoms with E-state index in [1.165, 1.54) is 47.0 Å². The second-order valence-corrected chi connectivity index (χ2v) is 13.3. The molecule has 1 fully saturated rings. The van der Waals surface area contributed by atoms with E-state index in [0.717, 1.165) is 62.6 Å². The smallest absolute Gasteiger partial charge is 0.263 e. The molecule has 0 unspecified atom stereocenters. The van der Waals surface area contributed by atoms with Crippen LogP contribution in [0, 0.1) is 5.92 Å². The topological polar surface area (TPSA) is 126 Å². The van der Waals surface area contributed by atoms with E-state index in [1.54, 1.807) is 6.07 Å². The van der Waals surface area contributed by atoms with Crippen LogP contribution in [-0.2, 0) is 34.2 Å². The van der Waals surface area contributed by atoms with Crippen LogP contribution in [0.3, 0.4) is 0 Å². The van der Waals surface area contributed by atoms with Crippen LogP contribution >= 0.6 is 0 Å². The van der Waals surface area contributed by atoms with E-state index in [1.807, 2.05) is 4.57 Å². The zero-order valence-corrected chi connectivity index (χ0v) is 22.9. The van der Waals surface area contributed by atoms with Crippen molar-refractivity contribution in [1.29, 1.82) is 0 Å². The first-order valence-corrected chi connectivity index (χ1v) is 14.9. The van der Waals surface area contributed by atoms with Crippen LogP contribution in [0.2, 0.25) is 0 Å². The van der Waals surface area contributed by atoms with Crippen LogP contribution in [0.4, 0.5) is 0 Å². The van der Waals surface area contributed by atoms with E-state index in [0.29, 0.717) is 12.5 Å². The van der Waals surface area contributed by atoms with Crippen LogP contribution in [0.25, 0.3) is 0 Å². The fourth-order valence-corrected chi connectivity index (χ4v) is 5.49. The lowest BCUT2D eigenvalue weighted by atomic mass is 9.88. The second kappa shape index (κ2) is 11.9. The summed E-state index contributed by atoms with van der Waals surface area (Å²) in [5, 5.41) is 1.91. The molecular weight excluding hydrogens is 480 g/mol. The summed E-state index contributed by atoms with van der Waals surface area (Å²) < 4.78 is 25.8.